The van der Waals surface area contributed by atoms with Crippen LogP contribution in [0.25, 0.3) is 0 Å². The minimum atomic E-state index is -0.965. The molecule has 3 rings (SSSR count). The van der Waals surface area contributed by atoms with Crippen molar-refractivity contribution in [1.29, 1.82) is 0 Å². The summed E-state index contributed by atoms with van der Waals surface area (Å²) < 4.78 is 0. The number of nitrogens with one attached hydrogen (secondary N) is 1. The van der Waals surface area contributed by atoms with Crippen LogP contribution in [0.15, 0.2) is 42.5 Å². The topological polar surface area (TPSA) is 72.8 Å². The standard InChI is InChI=1S/C21H26N2O3/c1-4-19(24)22-17-10-9-14(11-13(2)3)12-18(17)23-20(25)15-7-5-6-8-16(15)21(23)26/h5-10,12-13,20-21,25-26H,4,11H2,1-3H3,(H,22,24). The second kappa shape index (κ2) is 7.48. The SMILES string of the molecule is CCC(=O)Nc1ccc(CC(C)C)cc1N1C(O)c2ccccc2C1O. The number of fused-ring (bicyclic) bond motifs is 1. The fourth-order valence-electron chi connectivity index (χ4n) is 3.41. The van der Waals surface area contributed by atoms with E-state index in [1.807, 2.05) is 42.5 Å². The number of anilines is 2. The van der Waals surface area contributed by atoms with Gasteiger partial charge in [0.25, 0.3) is 0 Å². The Labute approximate surface area is 154 Å². The van der Waals surface area contributed by atoms with Gasteiger partial charge in [0, 0.05) is 17.5 Å². The minimum absolute atomic E-state index is 0.108. The molecule has 0 aliphatic carbocycles. The van der Waals surface area contributed by atoms with E-state index in [1.54, 1.807) is 11.8 Å². The maximum atomic E-state index is 11.9. The van der Waals surface area contributed by atoms with Crippen LogP contribution in [0.4, 0.5) is 11.4 Å². The summed E-state index contributed by atoms with van der Waals surface area (Å²) >= 11 is 0. The molecule has 0 aromatic heterocycles. The van der Waals surface area contributed by atoms with Crippen molar-refractivity contribution in [3.05, 3.63) is 59.2 Å². The van der Waals surface area contributed by atoms with E-state index in [1.165, 1.54) is 0 Å². The normalized spacial score (nSPS) is 18.9. The number of amides is 1. The summed E-state index contributed by atoms with van der Waals surface area (Å²) in [6.45, 7) is 6.07. The van der Waals surface area contributed by atoms with Crippen LogP contribution in [0.5, 0.6) is 0 Å². The number of rotatable bonds is 5. The van der Waals surface area contributed by atoms with Gasteiger partial charge in [0.05, 0.1) is 11.4 Å². The molecule has 0 spiro atoms. The Morgan fingerprint density at radius 2 is 1.73 bits per heavy atom. The zero-order valence-electron chi connectivity index (χ0n) is 15.4. The van der Waals surface area contributed by atoms with Crippen molar-refractivity contribution in [2.24, 2.45) is 5.92 Å². The maximum absolute atomic E-state index is 11.9. The Morgan fingerprint density at radius 1 is 1.12 bits per heavy atom. The highest BCUT2D eigenvalue weighted by Gasteiger charge is 2.37. The largest absolute Gasteiger partial charge is 0.369 e. The van der Waals surface area contributed by atoms with Crippen LogP contribution in [0.2, 0.25) is 0 Å². The second-order valence-corrected chi connectivity index (χ2v) is 7.13. The van der Waals surface area contributed by atoms with Gasteiger partial charge >= 0.3 is 0 Å². The summed E-state index contributed by atoms with van der Waals surface area (Å²) in [6.07, 6.45) is -0.693. The van der Waals surface area contributed by atoms with Crippen molar-refractivity contribution in [3.8, 4) is 0 Å². The molecule has 0 saturated carbocycles. The van der Waals surface area contributed by atoms with Crippen molar-refractivity contribution < 1.29 is 15.0 Å². The van der Waals surface area contributed by atoms with Crippen molar-refractivity contribution >= 4 is 17.3 Å². The van der Waals surface area contributed by atoms with E-state index in [4.69, 9.17) is 0 Å². The van der Waals surface area contributed by atoms with Crippen molar-refractivity contribution in [2.75, 3.05) is 10.2 Å². The van der Waals surface area contributed by atoms with Crippen molar-refractivity contribution in [1.82, 2.24) is 0 Å². The molecular weight excluding hydrogens is 328 g/mol. The summed E-state index contributed by atoms with van der Waals surface area (Å²) in [6, 6.07) is 13.1. The number of nitrogens with zero attached hydrogens (tertiary/aromatic N) is 1. The maximum Gasteiger partial charge on any atom is 0.224 e. The Balaban J connectivity index is 2.05. The fourth-order valence-corrected chi connectivity index (χ4v) is 3.41. The fraction of sp³-hybridized carbons (Fsp3) is 0.381. The quantitative estimate of drug-likeness (QED) is 0.765. The lowest BCUT2D eigenvalue weighted by atomic mass is 10.0. The van der Waals surface area contributed by atoms with Crippen LogP contribution in [0, 0.1) is 5.92 Å². The molecular formula is C21H26N2O3. The first-order valence-electron chi connectivity index (χ1n) is 9.08. The third-order valence-electron chi connectivity index (χ3n) is 4.66. The Morgan fingerprint density at radius 3 is 2.27 bits per heavy atom. The molecule has 1 heterocycles. The monoisotopic (exact) mass is 354 g/mol. The molecule has 5 nitrogen and oxygen atoms in total. The van der Waals surface area contributed by atoms with Crippen LogP contribution in [0.3, 0.4) is 0 Å². The van der Waals surface area contributed by atoms with E-state index in [0.717, 1.165) is 12.0 Å². The second-order valence-electron chi connectivity index (χ2n) is 7.13. The third kappa shape index (κ3) is 3.45. The lowest BCUT2D eigenvalue weighted by Crippen LogP contribution is -2.27. The Hall–Kier alpha value is -2.37. The van der Waals surface area contributed by atoms with Crippen LogP contribution in [-0.2, 0) is 11.2 Å². The first kappa shape index (κ1) is 18.4. The summed E-state index contributed by atoms with van der Waals surface area (Å²) in [5.41, 5.74) is 3.68. The van der Waals surface area contributed by atoms with Gasteiger partial charge in [-0.1, -0.05) is 51.1 Å². The summed E-state index contributed by atoms with van der Waals surface area (Å²) in [5.74, 6) is 0.369. The molecule has 1 aliphatic rings. The van der Waals surface area contributed by atoms with Crippen LogP contribution >= 0.6 is 0 Å². The van der Waals surface area contributed by atoms with Gasteiger partial charge in [-0.25, -0.2) is 0 Å². The summed E-state index contributed by atoms with van der Waals surface area (Å²) in [7, 11) is 0. The van der Waals surface area contributed by atoms with Crippen molar-refractivity contribution in [3.63, 3.8) is 0 Å². The van der Waals surface area contributed by atoms with Crippen LogP contribution < -0.4 is 10.2 Å². The molecule has 5 heteroatoms. The van der Waals surface area contributed by atoms with Crippen LogP contribution in [0.1, 0.15) is 56.3 Å². The zero-order valence-corrected chi connectivity index (χ0v) is 15.4. The summed E-state index contributed by atoms with van der Waals surface area (Å²) in [5, 5.41) is 24.5. The molecule has 2 aromatic carbocycles. The van der Waals surface area contributed by atoms with E-state index in [0.29, 0.717) is 34.8 Å². The molecule has 0 radical (unpaired) electrons. The number of hydrogen-bond acceptors (Lipinski definition) is 4. The highest BCUT2D eigenvalue weighted by molar-refractivity contribution is 5.94. The number of hydrogen-bond donors (Lipinski definition) is 3. The van der Waals surface area contributed by atoms with Gasteiger partial charge in [-0.05, 0) is 30.0 Å². The smallest absolute Gasteiger partial charge is 0.224 e. The highest BCUT2D eigenvalue weighted by atomic mass is 16.3. The molecule has 138 valence electrons. The van der Waals surface area contributed by atoms with E-state index in [2.05, 4.69) is 19.2 Å². The predicted octanol–water partition coefficient (Wildman–Crippen LogP) is 3.74. The molecule has 3 N–H and O–H groups in total. The van der Waals surface area contributed by atoms with E-state index in [-0.39, 0.29) is 5.91 Å². The lowest BCUT2D eigenvalue weighted by molar-refractivity contribution is -0.115. The van der Waals surface area contributed by atoms with Gasteiger partial charge < -0.3 is 20.4 Å². The van der Waals surface area contributed by atoms with Gasteiger partial charge in [0.2, 0.25) is 5.91 Å². The molecule has 2 unspecified atom stereocenters. The molecule has 0 fully saturated rings. The summed E-state index contributed by atoms with van der Waals surface area (Å²) in [4.78, 5) is 13.5. The molecule has 1 amide bonds. The average Bonchev–Trinajstić information content (AvgIpc) is 2.87. The molecule has 0 bridgehead atoms. The predicted molar refractivity (Wildman–Crippen MR) is 103 cm³/mol. The lowest BCUT2D eigenvalue weighted by Gasteiger charge is -2.29. The van der Waals surface area contributed by atoms with Gasteiger partial charge in [0.15, 0.2) is 12.5 Å². The number of aliphatic hydroxyl groups excluding tert-OH is 2. The van der Waals surface area contributed by atoms with E-state index >= 15 is 0 Å². The van der Waals surface area contributed by atoms with Gasteiger partial charge in [-0.3, -0.25) is 4.79 Å². The Bertz CT molecular complexity index is 775. The van der Waals surface area contributed by atoms with E-state index in [9.17, 15) is 15.0 Å². The number of carbonyl (C=O) groups excluding carboxylic acids is 1. The average molecular weight is 354 g/mol. The number of benzene rings is 2. The van der Waals surface area contributed by atoms with Crippen molar-refractivity contribution in [2.45, 2.75) is 46.1 Å². The molecule has 0 saturated heterocycles. The van der Waals surface area contributed by atoms with Gasteiger partial charge in [-0.15, -0.1) is 0 Å². The van der Waals surface area contributed by atoms with Crippen LogP contribution in [-0.4, -0.2) is 16.1 Å². The molecule has 1 aliphatic heterocycles. The third-order valence-corrected chi connectivity index (χ3v) is 4.66. The molecule has 26 heavy (non-hydrogen) atoms. The molecule has 2 aromatic rings. The van der Waals surface area contributed by atoms with Gasteiger partial charge in [0.1, 0.15) is 0 Å². The van der Waals surface area contributed by atoms with Gasteiger partial charge in [-0.2, -0.15) is 0 Å². The molecule has 2 atom stereocenters. The highest BCUT2D eigenvalue weighted by Crippen LogP contribution is 2.45. The zero-order chi connectivity index (χ0) is 18.8. The number of aliphatic hydroxyl groups is 2. The first-order valence-corrected chi connectivity index (χ1v) is 9.08. The van der Waals surface area contributed by atoms with E-state index < -0.39 is 12.5 Å². The Kier molecular flexibility index (Phi) is 5.30. The minimum Gasteiger partial charge on any atom is -0.369 e. The number of carbonyl (C=O) groups is 1. The first-order chi connectivity index (χ1) is 12.4.